The Morgan fingerprint density at radius 3 is 2.50 bits per heavy atom. The van der Waals surface area contributed by atoms with E-state index < -0.39 is 24.2 Å². The van der Waals surface area contributed by atoms with Crippen LogP contribution in [0.25, 0.3) is 6.08 Å². The Balaban J connectivity index is 1.74. The van der Waals surface area contributed by atoms with Crippen LogP contribution in [0.2, 0.25) is 5.02 Å². The highest BCUT2D eigenvalue weighted by Crippen LogP contribution is 2.26. The quantitative estimate of drug-likeness (QED) is 0.348. The minimum atomic E-state index is -0.643. The second-order valence-electron chi connectivity index (χ2n) is 6.85. The van der Waals surface area contributed by atoms with Crippen LogP contribution in [0.5, 0.6) is 11.5 Å². The lowest BCUT2D eigenvalue weighted by molar-refractivity contribution is -0.118. The Hall–Kier alpha value is -4.35. The number of benzene rings is 3. The number of methoxy groups -OCH3 is 1. The molecule has 3 rings (SSSR count). The van der Waals surface area contributed by atoms with Crippen LogP contribution in [-0.2, 0) is 9.59 Å². The van der Waals surface area contributed by atoms with Crippen LogP contribution in [0.1, 0.15) is 5.56 Å². The van der Waals surface area contributed by atoms with Crippen LogP contribution < -0.4 is 20.1 Å². The number of hydrogen-bond acceptors (Lipinski definition) is 5. The average Bonchev–Trinajstić information content (AvgIpc) is 2.83. The molecule has 0 saturated heterocycles. The lowest BCUT2D eigenvalue weighted by atomic mass is 10.1. The zero-order valence-electron chi connectivity index (χ0n) is 18.0. The third kappa shape index (κ3) is 6.58. The summed E-state index contributed by atoms with van der Waals surface area (Å²) in [7, 11) is 1.53. The Bertz CT molecular complexity index is 1270. The number of nitriles is 1. The van der Waals surface area contributed by atoms with Gasteiger partial charge in [0.1, 0.15) is 29.0 Å². The highest BCUT2D eigenvalue weighted by Gasteiger charge is 2.14. The van der Waals surface area contributed by atoms with Gasteiger partial charge < -0.3 is 20.1 Å². The van der Waals surface area contributed by atoms with Gasteiger partial charge in [0, 0.05) is 16.3 Å². The first-order valence-corrected chi connectivity index (χ1v) is 10.3. The molecule has 0 fully saturated rings. The fourth-order valence-corrected chi connectivity index (χ4v) is 3.01. The third-order valence-corrected chi connectivity index (χ3v) is 4.73. The molecule has 0 saturated carbocycles. The first-order chi connectivity index (χ1) is 16.4. The summed E-state index contributed by atoms with van der Waals surface area (Å²) in [5.41, 5.74) is 0.597. The number of carbonyl (C=O) groups is 2. The van der Waals surface area contributed by atoms with Gasteiger partial charge in [-0.05, 0) is 60.7 Å². The zero-order chi connectivity index (χ0) is 24.5. The molecule has 0 aromatic heterocycles. The summed E-state index contributed by atoms with van der Waals surface area (Å²) in [5, 5.41) is 14.9. The van der Waals surface area contributed by atoms with Gasteiger partial charge in [0.15, 0.2) is 6.61 Å². The largest absolute Gasteiger partial charge is 0.497 e. The normalized spacial score (nSPS) is 10.7. The Kier molecular flexibility index (Phi) is 8.21. The number of anilines is 2. The van der Waals surface area contributed by atoms with E-state index in [9.17, 15) is 19.2 Å². The topological polar surface area (TPSA) is 100 Å². The van der Waals surface area contributed by atoms with Gasteiger partial charge in [-0.1, -0.05) is 23.7 Å². The molecule has 7 nitrogen and oxygen atoms in total. The summed E-state index contributed by atoms with van der Waals surface area (Å²) in [5.74, 6) is -0.983. The molecule has 0 aliphatic heterocycles. The van der Waals surface area contributed by atoms with E-state index in [2.05, 4.69) is 10.6 Å². The molecule has 34 heavy (non-hydrogen) atoms. The molecule has 0 radical (unpaired) electrons. The van der Waals surface area contributed by atoms with Crippen molar-refractivity contribution in [1.82, 2.24) is 0 Å². The number of nitrogens with zero attached hydrogens (tertiary/aromatic N) is 1. The molecule has 2 N–H and O–H groups in total. The first kappa shape index (κ1) is 24.3. The van der Waals surface area contributed by atoms with Crippen LogP contribution in [-0.4, -0.2) is 25.5 Å². The number of ether oxygens (including phenoxy) is 2. The molecule has 0 bridgehead atoms. The molecule has 0 aliphatic carbocycles. The molecule has 2 amide bonds. The van der Waals surface area contributed by atoms with Crippen molar-refractivity contribution in [3.05, 3.63) is 88.7 Å². The van der Waals surface area contributed by atoms with Gasteiger partial charge in [-0.15, -0.1) is 0 Å². The predicted octanol–water partition coefficient (Wildman–Crippen LogP) is 5.05. The molecule has 172 valence electrons. The molecule has 3 aromatic rings. The fourth-order valence-electron chi connectivity index (χ4n) is 2.83. The second kappa shape index (κ2) is 11.5. The number of amides is 2. The van der Waals surface area contributed by atoms with Gasteiger partial charge in [0.05, 0.1) is 12.8 Å². The summed E-state index contributed by atoms with van der Waals surface area (Å²) >= 11 is 6.07. The van der Waals surface area contributed by atoms with E-state index in [0.29, 0.717) is 22.0 Å². The highest BCUT2D eigenvalue weighted by molar-refractivity contribution is 6.30. The molecular weight excluding hydrogens is 461 g/mol. The van der Waals surface area contributed by atoms with E-state index in [1.807, 2.05) is 6.07 Å². The standard InChI is InChI=1S/C25H19ClFN3O4/c1-33-20-9-7-19(8-10-20)29-25(32)17(14-28)12-16-13-18(26)6-11-23(16)34-15-24(31)30-22-5-3-2-4-21(22)27/h2-13H,15H2,1H3,(H,29,32)(H,30,31). The fraction of sp³-hybridized carbons (Fsp3) is 0.0800. The maximum absolute atomic E-state index is 13.7. The van der Waals surface area contributed by atoms with Gasteiger partial charge in [0.2, 0.25) is 0 Å². The van der Waals surface area contributed by atoms with Crippen molar-refractivity contribution in [2.24, 2.45) is 0 Å². The molecule has 9 heteroatoms. The average molecular weight is 480 g/mol. The number of rotatable bonds is 8. The molecule has 0 spiro atoms. The number of nitrogens with one attached hydrogen (secondary N) is 2. The van der Waals surface area contributed by atoms with Crippen LogP contribution in [0.4, 0.5) is 15.8 Å². The van der Waals surface area contributed by atoms with Gasteiger partial charge in [-0.2, -0.15) is 5.26 Å². The maximum Gasteiger partial charge on any atom is 0.266 e. The van der Waals surface area contributed by atoms with E-state index in [4.69, 9.17) is 21.1 Å². The number of para-hydroxylation sites is 1. The highest BCUT2D eigenvalue weighted by atomic mass is 35.5. The third-order valence-electron chi connectivity index (χ3n) is 4.49. The van der Waals surface area contributed by atoms with E-state index in [-0.39, 0.29) is 17.0 Å². The molecule has 3 aromatic carbocycles. The zero-order valence-corrected chi connectivity index (χ0v) is 18.7. The monoisotopic (exact) mass is 479 g/mol. The van der Waals surface area contributed by atoms with Gasteiger partial charge in [0.25, 0.3) is 11.8 Å². The van der Waals surface area contributed by atoms with Gasteiger partial charge >= 0.3 is 0 Å². The van der Waals surface area contributed by atoms with Crippen LogP contribution in [0.3, 0.4) is 0 Å². The lowest BCUT2D eigenvalue weighted by Gasteiger charge is -2.11. The van der Waals surface area contributed by atoms with Gasteiger partial charge in [-0.25, -0.2) is 4.39 Å². The van der Waals surface area contributed by atoms with E-state index in [1.165, 1.54) is 49.6 Å². The Morgan fingerprint density at radius 2 is 1.82 bits per heavy atom. The van der Waals surface area contributed by atoms with E-state index >= 15 is 0 Å². The van der Waals surface area contributed by atoms with E-state index in [1.54, 1.807) is 30.3 Å². The van der Waals surface area contributed by atoms with Crippen LogP contribution in [0, 0.1) is 17.1 Å². The maximum atomic E-state index is 13.7. The SMILES string of the molecule is COc1ccc(NC(=O)C(C#N)=Cc2cc(Cl)ccc2OCC(=O)Nc2ccccc2F)cc1. The van der Waals surface area contributed by atoms with Crippen molar-refractivity contribution in [1.29, 1.82) is 5.26 Å². The van der Waals surface area contributed by atoms with Crippen molar-refractivity contribution in [2.45, 2.75) is 0 Å². The first-order valence-electron chi connectivity index (χ1n) is 9.93. The summed E-state index contributed by atoms with van der Waals surface area (Å²) < 4.78 is 24.3. The summed E-state index contributed by atoms with van der Waals surface area (Å²) in [4.78, 5) is 24.8. The van der Waals surface area contributed by atoms with Crippen molar-refractivity contribution in [3.8, 4) is 17.6 Å². The van der Waals surface area contributed by atoms with Crippen LogP contribution in [0.15, 0.2) is 72.3 Å². The molecular formula is C25H19ClFN3O4. The number of hydrogen-bond donors (Lipinski definition) is 2. The predicted molar refractivity (Wildman–Crippen MR) is 127 cm³/mol. The summed E-state index contributed by atoms with van der Waals surface area (Å²) in [6.45, 7) is -0.434. The van der Waals surface area contributed by atoms with Crippen molar-refractivity contribution in [3.63, 3.8) is 0 Å². The van der Waals surface area contributed by atoms with Crippen LogP contribution >= 0.6 is 11.6 Å². The molecule has 0 atom stereocenters. The number of carbonyl (C=O) groups excluding carboxylic acids is 2. The van der Waals surface area contributed by atoms with Crippen molar-refractivity contribution in [2.75, 3.05) is 24.4 Å². The minimum absolute atomic E-state index is 0.0225. The lowest BCUT2D eigenvalue weighted by Crippen LogP contribution is -2.21. The molecule has 0 aliphatic rings. The Morgan fingerprint density at radius 1 is 1.09 bits per heavy atom. The smallest absolute Gasteiger partial charge is 0.266 e. The number of halogens is 2. The second-order valence-corrected chi connectivity index (χ2v) is 7.29. The van der Waals surface area contributed by atoms with Crippen molar-refractivity contribution >= 4 is 40.9 Å². The van der Waals surface area contributed by atoms with E-state index in [0.717, 1.165) is 0 Å². The van der Waals surface area contributed by atoms with Gasteiger partial charge in [-0.3, -0.25) is 9.59 Å². The van der Waals surface area contributed by atoms with Crippen molar-refractivity contribution < 1.29 is 23.5 Å². The Labute approximate surface area is 200 Å². The minimum Gasteiger partial charge on any atom is -0.497 e. The molecule has 0 heterocycles. The summed E-state index contributed by atoms with van der Waals surface area (Å²) in [6, 6.07) is 18.7. The summed E-state index contributed by atoms with van der Waals surface area (Å²) in [6.07, 6.45) is 1.30. The molecule has 0 unspecified atom stereocenters.